The van der Waals surface area contributed by atoms with E-state index >= 15 is 0 Å². The van der Waals surface area contributed by atoms with E-state index in [2.05, 4.69) is 18.8 Å². The van der Waals surface area contributed by atoms with E-state index in [0.29, 0.717) is 19.0 Å². The molecule has 92 valence electrons. The second kappa shape index (κ2) is 4.87. The van der Waals surface area contributed by atoms with Gasteiger partial charge in [-0.25, -0.2) is 9.78 Å². The maximum Gasteiger partial charge on any atom is 0.328 e. The second-order valence-corrected chi connectivity index (χ2v) is 5.22. The quantitative estimate of drug-likeness (QED) is 0.836. The highest BCUT2D eigenvalue weighted by molar-refractivity contribution is 7.09. The van der Waals surface area contributed by atoms with Crippen LogP contribution < -0.4 is 5.69 Å². The molecule has 0 aromatic carbocycles. The normalized spacial score (nSPS) is 11.3. The predicted molar refractivity (Wildman–Crippen MR) is 69.7 cm³/mol. The molecular weight excluding hydrogens is 234 g/mol. The molecule has 0 spiro atoms. The van der Waals surface area contributed by atoms with E-state index in [4.69, 9.17) is 0 Å². The first-order chi connectivity index (χ1) is 8.11. The molecule has 0 atom stereocenters. The summed E-state index contributed by atoms with van der Waals surface area (Å²) in [5.41, 5.74) is 1.00. The van der Waals surface area contributed by atoms with Crippen molar-refractivity contribution in [3.63, 3.8) is 0 Å². The molecule has 0 N–H and O–H groups in total. The lowest BCUT2D eigenvalue weighted by atomic mass is 10.2. The summed E-state index contributed by atoms with van der Waals surface area (Å²) in [7, 11) is 0. The highest BCUT2D eigenvalue weighted by atomic mass is 32.1. The van der Waals surface area contributed by atoms with Gasteiger partial charge >= 0.3 is 5.69 Å². The van der Waals surface area contributed by atoms with Crippen LogP contribution >= 0.6 is 11.3 Å². The Balaban J connectivity index is 2.19. The van der Waals surface area contributed by atoms with Crippen LogP contribution in [0.4, 0.5) is 0 Å². The first-order valence-electron chi connectivity index (χ1n) is 5.81. The number of imidazole rings is 1. The molecule has 2 rings (SSSR count). The SMILES string of the molecule is CCn1ccn(Cc2csc(C(C)C)n2)c1=O. The van der Waals surface area contributed by atoms with Crippen LogP contribution in [-0.4, -0.2) is 14.1 Å². The summed E-state index contributed by atoms with van der Waals surface area (Å²) >= 11 is 1.66. The number of rotatable bonds is 4. The van der Waals surface area contributed by atoms with Crippen LogP contribution in [0.15, 0.2) is 22.6 Å². The Morgan fingerprint density at radius 1 is 1.35 bits per heavy atom. The van der Waals surface area contributed by atoms with Gasteiger partial charge in [0.1, 0.15) is 0 Å². The third-order valence-corrected chi connectivity index (χ3v) is 3.85. The Hall–Kier alpha value is -1.36. The molecule has 2 aromatic heterocycles. The fourth-order valence-electron chi connectivity index (χ4n) is 1.65. The standard InChI is InChI=1S/C12H17N3OS/c1-4-14-5-6-15(12(14)16)7-10-8-17-11(13-10)9(2)3/h5-6,8-9H,4,7H2,1-3H3. The van der Waals surface area contributed by atoms with E-state index < -0.39 is 0 Å². The van der Waals surface area contributed by atoms with Crippen molar-refractivity contribution in [2.45, 2.75) is 39.8 Å². The second-order valence-electron chi connectivity index (χ2n) is 4.33. The van der Waals surface area contributed by atoms with Gasteiger partial charge in [0.15, 0.2) is 0 Å². The average Bonchev–Trinajstić information content (AvgIpc) is 2.88. The van der Waals surface area contributed by atoms with Gasteiger partial charge in [0.25, 0.3) is 0 Å². The van der Waals surface area contributed by atoms with Crippen LogP contribution in [0.2, 0.25) is 0 Å². The van der Waals surface area contributed by atoms with Crippen molar-refractivity contribution >= 4 is 11.3 Å². The van der Waals surface area contributed by atoms with Gasteiger partial charge in [-0.15, -0.1) is 11.3 Å². The summed E-state index contributed by atoms with van der Waals surface area (Å²) in [6.45, 7) is 7.49. The first-order valence-corrected chi connectivity index (χ1v) is 6.69. The zero-order chi connectivity index (χ0) is 12.4. The molecule has 0 saturated heterocycles. The topological polar surface area (TPSA) is 39.8 Å². The lowest BCUT2D eigenvalue weighted by Gasteiger charge is -1.99. The van der Waals surface area contributed by atoms with Crippen molar-refractivity contribution < 1.29 is 0 Å². The Morgan fingerprint density at radius 3 is 2.59 bits per heavy atom. The van der Waals surface area contributed by atoms with Crippen molar-refractivity contribution in [1.82, 2.24) is 14.1 Å². The van der Waals surface area contributed by atoms with Crippen molar-refractivity contribution in [1.29, 1.82) is 0 Å². The molecule has 0 aliphatic rings. The van der Waals surface area contributed by atoms with Crippen molar-refractivity contribution in [3.05, 3.63) is 39.0 Å². The van der Waals surface area contributed by atoms with Gasteiger partial charge in [0.2, 0.25) is 0 Å². The van der Waals surface area contributed by atoms with Crippen molar-refractivity contribution in [3.8, 4) is 0 Å². The van der Waals surface area contributed by atoms with Gasteiger partial charge in [-0.2, -0.15) is 0 Å². The van der Waals surface area contributed by atoms with E-state index in [1.54, 1.807) is 20.5 Å². The van der Waals surface area contributed by atoms with Crippen molar-refractivity contribution in [2.24, 2.45) is 0 Å². The number of nitrogens with zero attached hydrogens (tertiary/aromatic N) is 3. The first kappa shape index (κ1) is 12.1. The molecule has 17 heavy (non-hydrogen) atoms. The largest absolute Gasteiger partial charge is 0.328 e. The molecule has 4 nitrogen and oxygen atoms in total. The molecule has 2 heterocycles. The summed E-state index contributed by atoms with van der Waals surface area (Å²) in [5.74, 6) is 0.450. The summed E-state index contributed by atoms with van der Waals surface area (Å²) < 4.78 is 3.39. The fourth-order valence-corrected chi connectivity index (χ4v) is 2.48. The van der Waals surface area contributed by atoms with E-state index in [1.165, 1.54) is 0 Å². The molecule has 0 amide bonds. The van der Waals surface area contributed by atoms with Gasteiger partial charge in [0, 0.05) is 30.2 Å². The van der Waals surface area contributed by atoms with Crippen LogP contribution in [0.1, 0.15) is 37.4 Å². The zero-order valence-corrected chi connectivity index (χ0v) is 11.2. The molecule has 0 saturated carbocycles. The van der Waals surface area contributed by atoms with Gasteiger partial charge in [-0.1, -0.05) is 13.8 Å². The third kappa shape index (κ3) is 2.49. The highest BCUT2D eigenvalue weighted by Crippen LogP contribution is 2.19. The Labute approximate surface area is 105 Å². The third-order valence-electron chi connectivity index (χ3n) is 2.65. The number of thiazole rings is 1. The summed E-state index contributed by atoms with van der Waals surface area (Å²) in [6.07, 6.45) is 3.64. The summed E-state index contributed by atoms with van der Waals surface area (Å²) in [4.78, 5) is 16.4. The van der Waals surface area contributed by atoms with Crippen LogP contribution in [0.3, 0.4) is 0 Å². The van der Waals surface area contributed by atoms with E-state index in [0.717, 1.165) is 10.7 Å². The monoisotopic (exact) mass is 251 g/mol. The van der Waals surface area contributed by atoms with Gasteiger partial charge < -0.3 is 0 Å². The van der Waals surface area contributed by atoms with E-state index in [1.807, 2.05) is 24.7 Å². The summed E-state index contributed by atoms with van der Waals surface area (Å²) in [5, 5.41) is 3.16. The van der Waals surface area contributed by atoms with E-state index in [-0.39, 0.29) is 5.69 Å². The van der Waals surface area contributed by atoms with Crippen LogP contribution in [0, 0.1) is 0 Å². The van der Waals surface area contributed by atoms with Gasteiger partial charge in [-0.05, 0) is 6.92 Å². The lowest BCUT2D eigenvalue weighted by Crippen LogP contribution is -2.23. The lowest BCUT2D eigenvalue weighted by molar-refractivity contribution is 0.661. The summed E-state index contributed by atoms with van der Waals surface area (Å²) in [6, 6.07) is 0. The zero-order valence-electron chi connectivity index (χ0n) is 10.4. The molecule has 0 fully saturated rings. The minimum absolute atomic E-state index is 0.0339. The Morgan fingerprint density at radius 2 is 2.06 bits per heavy atom. The van der Waals surface area contributed by atoms with Gasteiger partial charge in [-0.3, -0.25) is 9.13 Å². The molecule has 0 unspecified atom stereocenters. The number of aromatic nitrogens is 3. The minimum atomic E-state index is 0.0339. The van der Waals surface area contributed by atoms with Crippen LogP contribution in [-0.2, 0) is 13.1 Å². The molecule has 5 heteroatoms. The van der Waals surface area contributed by atoms with Gasteiger partial charge in [0.05, 0.1) is 17.2 Å². The Bertz CT molecular complexity index is 550. The number of hydrogen-bond acceptors (Lipinski definition) is 3. The maximum absolute atomic E-state index is 11.8. The van der Waals surface area contributed by atoms with Crippen molar-refractivity contribution in [2.75, 3.05) is 0 Å². The smallest absolute Gasteiger partial charge is 0.300 e. The molecule has 2 aromatic rings. The molecule has 0 aliphatic heterocycles. The maximum atomic E-state index is 11.8. The van der Waals surface area contributed by atoms with E-state index in [9.17, 15) is 4.79 Å². The fraction of sp³-hybridized carbons (Fsp3) is 0.500. The minimum Gasteiger partial charge on any atom is -0.300 e. The molecular formula is C12H17N3OS. The molecule has 0 radical (unpaired) electrons. The number of aryl methyl sites for hydroxylation is 1. The average molecular weight is 251 g/mol. The van der Waals surface area contributed by atoms with Crippen LogP contribution in [0.5, 0.6) is 0 Å². The van der Waals surface area contributed by atoms with Crippen LogP contribution in [0.25, 0.3) is 0 Å². The highest BCUT2D eigenvalue weighted by Gasteiger charge is 2.08. The number of hydrogen-bond donors (Lipinski definition) is 0. The molecule has 0 aliphatic carbocycles. The predicted octanol–water partition coefficient (Wildman–Crippen LogP) is 2.30. The Kier molecular flexibility index (Phi) is 3.47. The molecule has 0 bridgehead atoms.